The van der Waals surface area contributed by atoms with E-state index in [4.69, 9.17) is 0 Å². The number of thiophene rings is 1. The van der Waals surface area contributed by atoms with Crippen molar-refractivity contribution in [2.45, 2.75) is 31.4 Å². The van der Waals surface area contributed by atoms with Crippen LogP contribution in [0, 0.1) is 13.8 Å². The van der Waals surface area contributed by atoms with Crippen molar-refractivity contribution in [1.29, 1.82) is 0 Å². The molecule has 0 amide bonds. The van der Waals surface area contributed by atoms with Crippen LogP contribution in [0.25, 0.3) is 0 Å². The smallest absolute Gasteiger partial charge is 0.271 e. The zero-order chi connectivity index (χ0) is 18.7. The fourth-order valence-corrected chi connectivity index (χ4v) is 4.86. The highest BCUT2D eigenvalue weighted by molar-refractivity contribution is 7.94. The molecule has 0 bridgehead atoms. The molecule has 7 heteroatoms. The average Bonchev–Trinajstić information content (AvgIpc) is 3.09. The van der Waals surface area contributed by atoms with Crippen molar-refractivity contribution in [3.63, 3.8) is 0 Å². The number of nitrogens with zero attached hydrogens (tertiary/aromatic N) is 1. The zero-order valence-corrected chi connectivity index (χ0v) is 16.5. The highest BCUT2D eigenvalue weighted by atomic mass is 32.2. The lowest BCUT2D eigenvalue weighted by molar-refractivity contribution is 0.603. The lowest BCUT2D eigenvalue weighted by Crippen LogP contribution is -2.11. The average molecular weight is 388 g/mol. The first-order chi connectivity index (χ1) is 12.4. The highest BCUT2D eigenvalue weighted by Crippen LogP contribution is 2.25. The third-order valence-corrected chi connectivity index (χ3v) is 7.01. The van der Waals surface area contributed by atoms with Gasteiger partial charge in [0.25, 0.3) is 10.0 Å². The van der Waals surface area contributed by atoms with E-state index >= 15 is 0 Å². The van der Waals surface area contributed by atoms with Gasteiger partial charge < -0.3 is 5.32 Å². The van der Waals surface area contributed by atoms with Crippen LogP contribution in [0.5, 0.6) is 0 Å². The predicted molar refractivity (Wildman–Crippen MR) is 108 cm³/mol. The standard InChI is InChI=1S/C19H21N3O2S2/c1-4-16-7-10-19(25-16)26(23,24)22-15-6-9-18(20-12-15)21-17-8-5-13(2)11-14(17)3/h5-12,22H,4H2,1-3H3,(H,20,21). The third-order valence-electron chi connectivity index (χ3n) is 3.91. The third kappa shape index (κ3) is 4.23. The molecule has 26 heavy (non-hydrogen) atoms. The van der Waals surface area contributed by atoms with Crippen molar-refractivity contribution in [3.8, 4) is 0 Å². The molecule has 0 atom stereocenters. The molecule has 0 fully saturated rings. The summed E-state index contributed by atoms with van der Waals surface area (Å²) in [6, 6.07) is 13.1. The SMILES string of the molecule is CCc1ccc(S(=O)(=O)Nc2ccc(Nc3ccc(C)cc3C)nc2)s1. The number of hydrogen-bond donors (Lipinski definition) is 2. The van der Waals surface area contributed by atoms with Gasteiger partial charge in [-0.2, -0.15) is 0 Å². The second-order valence-electron chi connectivity index (χ2n) is 6.06. The predicted octanol–water partition coefficient (Wildman–Crippen LogP) is 4.87. The Morgan fingerprint density at radius 3 is 2.50 bits per heavy atom. The van der Waals surface area contributed by atoms with Crippen molar-refractivity contribution >= 4 is 38.6 Å². The van der Waals surface area contributed by atoms with E-state index in [0.29, 0.717) is 15.7 Å². The van der Waals surface area contributed by atoms with E-state index in [0.717, 1.165) is 22.5 Å². The van der Waals surface area contributed by atoms with Crippen LogP contribution >= 0.6 is 11.3 Å². The zero-order valence-electron chi connectivity index (χ0n) is 14.9. The highest BCUT2D eigenvalue weighted by Gasteiger charge is 2.16. The maximum absolute atomic E-state index is 12.4. The van der Waals surface area contributed by atoms with Gasteiger partial charge in [-0.3, -0.25) is 4.72 Å². The van der Waals surface area contributed by atoms with Gasteiger partial charge in [-0.05, 0) is 56.2 Å². The van der Waals surface area contributed by atoms with Crippen molar-refractivity contribution in [2.75, 3.05) is 10.0 Å². The van der Waals surface area contributed by atoms with E-state index in [1.807, 2.05) is 39.0 Å². The van der Waals surface area contributed by atoms with E-state index in [-0.39, 0.29) is 0 Å². The van der Waals surface area contributed by atoms with Crippen LogP contribution in [0.4, 0.5) is 17.2 Å². The molecule has 1 aromatic carbocycles. The van der Waals surface area contributed by atoms with Gasteiger partial charge in [0.2, 0.25) is 0 Å². The van der Waals surface area contributed by atoms with Gasteiger partial charge in [0, 0.05) is 10.6 Å². The Balaban J connectivity index is 1.73. The van der Waals surface area contributed by atoms with Gasteiger partial charge >= 0.3 is 0 Å². The molecule has 3 aromatic rings. The normalized spacial score (nSPS) is 11.3. The molecule has 0 unspecified atom stereocenters. The summed E-state index contributed by atoms with van der Waals surface area (Å²) in [6.45, 7) is 6.08. The van der Waals surface area contributed by atoms with Crippen LogP contribution in [0.15, 0.2) is 52.9 Å². The molecule has 2 heterocycles. The first kappa shape index (κ1) is 18.4. The summed E-state index contributed by atoms with van der Waals surface area (Å²) in [5, 5.41) is 3.25. The van der Waals surface area contributed by atoms with E-state index in [1.165, 1.54) is 23.1 Å². The Labute approximate surface area is 158 Å². The first-order valence-corrected chi connectivity index (χ1v) is 10.6. The van der Waals surface area contributed by atoms with Gasteiger partial charge in [-0.1, -0.05) is 24.6 Å². The summed E-state index contributed by atoms with van der Waals surface area (Å²) in [5.74, 6) is 0.657. The molecule has 136 valence electrons. The molecular weight excluding hydrogens is 366 g/mol. The maximum atomic E-state index is 12.4. The Morgan fingerprint density at radius 2 is 1.88 bits per heavy atom. The summed E-state index contributed by atoms with van der Waals surface area (Å²) in [5.41, 5.74) is 3.73. The second kappa shape index (κ2) is 7.47. The summed E-state index contributed by atoms with van der Waals surface area (Å²) in [6.07, 6.45) is 2.33. The fraction of sp³-hybridized carbons (Fsp3) is 0.211. The second-order valence-corrected chi connectivity index (χ2v) is 9.13. The molecule has 0 radical (unpaired) electrons. The fourth-order valence-electron chi connectivity index (χ4n) is 2.52. The summed E-state index contributed by atoms with van der Waals surface area (Å²) < 4.78 is 27.8. The molecule has 0 aliphatic heterocycles. The lowest BCUT2D eigenvalue weighted by atomic mass is 10.1. The monoisotopic (exact) mass is 387 g/mol. The van der Waals surface area contributed by atoms with Crippen molar-refractivity contribution in [2.24, 2.45) is 0 Å². The van der Waals surface area contributed by atoms with Crippen LogP contribution in [-0.2, 0) is 16.4 Å². The number of benzene rings is 1. The molecule has 2 aromatic heterocycles. The van der Waals surface area contributed by atoms with Crippen molar-refractivity contribution in [1.82, 2.24) is 4.98 Å². The van der Waals surface area contributed by atoms with Gasteiger partial charge in [0.05, 0.1) is 11.9 Å². The van der Waals surface area contributed by atoms with E-state index < -0.39 is 10.0 Å². The molecule has 0 aliphatic rings. The number of anilines is 3. The Hall–Kier alpha value is -2.38. The number of aromatic nitrogens is 1. The molecule has 0 saturated carbocycles. The van der Waals surface area contributed by atoms with Crippen LogP contribution in [0.3, 0.4) is 0 Å². The first-order valence-electron chi connectivity index (χ1n) is 8.29. The molecule has 0 saturated heterocycles. The van der Waals surface area contributed by atoms with Crippen molar-refractivity contribution < 1.29 is 8.42 Å². The number of aryl methyl sites for hydroxylation is 3. The molecule has 2 N–H and O–H groups in total. The number of nitrogens with one attached hydrogen (secondary N) is 2. The van der Waals surface area contributed by atoms with Gasteiger partial charge in [-0.25, -0.2) is 13.4 Å². The summed E-state index contributed by atoms with van der Waals surface area (Å²) in [4.78, 5) is 5.34. The van der Waals surface area contributed by atoms with Gasteiger partial charge in [-0.15, -0.1) is 11.3 Å². The van der Waals surface area contributed by atoms with Crippen LogP contribution in [-0.4, -0.2) is 13.4 Å². The van der Waals surface area contributed by atoms with Crippen LogP contribution in [0.2, 0.25) is 0 Å². The molecule has 0 spiro atoms. The molecular formula is C19H21N3O2S2. The Morgan fingerprint density at radius 1 is 1.08 bits per heavy atom. The van der Waals surface area contributed by atoms with E-state index in [1.54, 1.807) is 18.2 Å². The van der Waals surface area contributed by atoms with E-state index in [9.17, 15) is 8.42 Å². The van der Waals surface area contributed by atoms with Gasteiger partial charge in [0.1, 0.15) is 10.0 Å². The number of hydrogen-bond acceptors (Lipinski definition) is 5. The molecule has 5 nitrogen and oxygen atoms in total. The number of rotatable bonds is 6. The summed E-state index contributed by atoms with van der Waals surface area (Å²) in [7, 11) is -3.58. The van der Waals surface area contributed by atoms with Crippen LogP contribution < -0.4 is 10.0 Å². The minimum absolute atomic E-state index is 0.312. The largest absolute Gasteiger partial charge is 0.340 e. The van der Waals surface area contributed by atoms with Crippen molar-refractivity contribution in [3.05, 3.63) is 64.7 Å². The lowest BCUT2D eigenvalue weighted by Gasteiger charge is -2.11. The van der Waals surface area contributed by atoms with Gasteiger partial charge in [0.15, 0.2) is 0 Å². The summed E-state index contributed by atoms with van der Waals surface area (Å²) >= 11 is 1.28. The number of pyridine rings is 1. The Bertz CT molecular complexity index is 1010. The maximum Gasteiger partial charge on any atom is 0.271 e. The minimum atomic E-state index is -3.58. The quantitative estimate of drug-likeness (QED) is 0.633. The van der Waals surface area contributed by atoms with E-state index in [2.05, 4.69) is 21.1 Å². The van der Waals surface area contributed by atoms with Crippen LogP contribution in [0.1, 0.15) is 22.9 Å². The minimum Gasteiger partial charge on any atom is -0.340 e. The molecule has 0 aliphatic carbocycles. The Kier molecular flexibility index (Phi) is 5.29. The molecule has 3 rings (SSSR count). The topological polar surface area (TPSA) is 71.1 Å². The number of sulfonamides is 1.